The molecule has 0 unspecified atom stereocenters. The van der Waals surface area contributed by atoms with Crippen LogP contribution in [0.3, 0.4) is 0 Å². The van der Waals surface area contributed by atoms with Gasteiger partial charge < -0.3 is 14.3 Å². The van der Waals surface area contributed by atoms with Gasteiger partial charge in [-0.1, -0.05) is 23.4 Å². The number of likely N-dealkylation sites (N-methyl/N-ethyl adjacent to an activating group) is 1. The molecule has 6 nitrogen and oxygen atoms in total. The Kier molecular flexibility index (Phi) is 3.86. The molecule has 1 aromatic carbocycles. The van der Waals surface area contributed by atoms with Gasteiger partial charge >= 0.3 is 0 Å². The Bertz CT molecular complexity index is 869. The summed E-state index contributed by atoms with van der Waals surface area (Å²) in [5.41, 5.74) is 2.99. The van der Waals surface area contributed by atoms with Gasteiger partial charge in [0.25, 0.3) is 0 Å². The average molecular weight is 353 g/mol. The van der Waals surface area contributed by atoms with Gasteiger partial charge in [0.05, 0.1) is 17.5 Å². The monoisotopic (exact) mass is 353 g/mol. The molecule has 0 N–H and O–H groups in total. The number of aryl methyl sites for hydroxylation is 2. The molecule has 4 rings (SSSR count). The van der Waals surface area contributed by atoms with Gasteiger partial charge in [-0.3, -0.25) is 9.59 Å². The zero-order valence-electron chi connectivity index (χ0n) is 15.4. The lowest BCUT2D eigenvalue weighted by molar-refractivity contribution is -0.135. The molecule has 6 heteroatoms. The van der Waals surface area contributed by atoms with Crippen molar-refractivity contribution in [2.24, 2.45) is 0 Å². The number of hydrogen-bond donors (Lipinski definition) is 0. The molecule has 1 spiro atoms. The molecule has 1 aromatic heterocycles. The third kappa shape index (κ3) is 2.35. The second-order valence-electron chi connectivity index (χ2n) is 7.36. The number of piperidine rings is 1. The highest BCUT2D eigenvalue weighted by Crippen LogP contribution is 2.46. The summed E-state index contributed by atoms with van der Waals surface area (Å²) in [7, 11) is 1.82. The average Bonchev–Trinajstić information content (AvgIpc) is 3.07. The number of para-hydroxylation sites is 1. The number of nitrogens with zero attached hydrogens (tertiary/aromatic N) is 3. The lowest BCUT2D eigenvalue weighted by atomic mass is 9.75. The minimum absolute atomic E-state index is 0.0262. The van der Waals surface area contributed by atoms with Gasteiger partial charge in [0.15, 0.2) is 0 Å². The second kappa shape index (κ2) is 5.97. The fraction of sp³-hybridized carbons (Fsp3) is 0.450. The number of carbonyl (C=O) groups is 2. The number of benzene rings is 1. The number of carbonyl (C=O) groups excluding carboxylic acids is 2. The summed E-state index contributed by atoms with van der Waals surface area (Å²) in [6.07, 6.45) is 1.87. The Balaban J connectivity index is 1.62. The maximum Gasteiger partial charge on any atom is 0.239 e. The first-order valence-corrected chi connectivity index (χ1v) is 9.01. The predicted octanol–water partition coefficient (Wildman–Crippen LogP) is 2.37. The van der Waals surface area contributed by atoms with E-state index >= 15 is 0 Å². The maximum absolute atomic E-state index is 13.1. The second-order valence-corrected chi connectivity index (χ2v) is 7.36. The number of aromatic nitrogens is 1. The lowest BCUT2D eigenvalue weighted by Gasteiger charge is -2.39. The quantitative estimate of drug-likeness (QED) is 0.831. The number of amides is 2. The molecule has 26 heavy (non-hydrogen) atoms. The molecule has 2 amide bonds. The summed E-state index contributed by atoms with van der Waals surface area (Å²) < 4.78 is 5.17. The Labute approximate surface area is 152 Å². The summed E-state index contributed by atoms with van der Waals surface area (Å²) >= 11 is 0. The highest BCUT2D eigenvalue weighted by atomic mass is 16.5. The van der Waals surface area contributed by atoms with Gasteiger partial charge in [-0.05, 0) is 38.3 Å². The van der Waals surface area contributed by atoms with Crippen molar-refractivity contribution < 1.29 is 14.1 Å². The van der Waals surface area contributed by atoms with Crippen LogP contribution in [0.1, 0.15) is 35.4 Å². The molecule has 2 aromatic rings. The van der Waals surface area contributed by atoms with E-state index in [1.165, 1.54) is 0 Å². The number of hydrogen-bond acceptors (Lipinski definition) is 4. The van der Waals surface area contributed by atoms with Crippen LogP contribution in [0.4, 0.5) is 5.69 Å². The Morgan fingerprint density at radius 2 is 2.08 bits per heavy atom. The number of likely N-dealkylation sites (tertiary alicyclic amines) is 1. The molecule has 3 heterocycles. The fourth-order valence-electron chi connectivity index (χ4n) is 4.40. The predicted molar refractivity (Wildman–Crippen MR) is 97.0 cm³/mol. The summed E-state index contributed by atoms with van der Waals surface area (Å²) in [6, 6.07) is 7.92. The van der Waals surface area contributed by atoms with E-state index < -0.39 is 5.41 Å². The minimum atomic E-state index is -0.613. The normalized spacial score (nSPS) is 22.2. The Hall–Kier alpha value is -2.63. The van der Waals surface area contributed by atoms with Crippen LogP contribution in [0.15, 0.2) is 28.8 Å². The third-order valence-electron chi connectivity index (χ3n) is 5.85. The van der Waals surface area contributed by atoms with Crippen molar-refractivity contribution in [1.82, 2.24) is 10.1 Å². The number of fused-ring (bicyclic) bond motifs is 2. The van der Waals surface area contributed by atoms with Crippen molar-refractivity contribution in [3.63, 3.8) is 0 Å². The molecular weight excluding hydrogens is 330 g/mol. The molecule has 1 saturated heterocycles. The zero-order chi connectivity index (χ0) is 18.5. The van der Waals surface area contributed by atoms with Crippen LogP contribution in [0.2, 0.25) is 0 Å². The van der Waals surface area contributed by atoms with Crippen LogP contribution >= 0.6 is 0 Å². The van der Waals surface area contributed by atoms with Gasteiger partial charge in [0.1, 0.15) is 5.76 Å². The SMILES string of the molecule is Cc1noc(C)c1CC(=O)N1CCC[C@@]2(C1)C(=O)N(C)c1ccccc12. The molecule has 136 valence electrons. The minimum Gasteiger partial charge on any atom is -0.361 e. The van der Waals surface area contributed by atoms with Crippen molar-refractivity contribution in [3.8, 4) is 0 Å². The lowest BCUT2D eigenvalue weighted by Crippen LogP contribution is -2.53. The van der Waals surface area contributed by atoms with Crippen LogP contribution < -0.4 is 4.90 Å². The molecule has 0 saturated carbocycles. The van der Waals surface area contributed by atoms with Crippen molar-refractivity contribution in [1.29, 1.82) is 0 Å². The van der Waals surface area contributed by atoms with Crippen LogP contribution in [0, 0.1) is 13.8 Å². The van der Waals surface area contributed by atoms with E-state index in [0.29, 0.717) is 18.8 Å². The molecule has 0 bridgehead atoms. The summed E-state index contributed by atoms with van der Waals surface area (Å²) in [6.45, 7) is 4.80. The smallest absolute Gasteiger partial charge is 0.239 e. The van der Waals surface area contributed by atoms with Gasteiger partial charge in [-0.2, -0.15) is 0 Å². The zero-order valence-corrected chi connectivity index (χ0v) is 15.4. The summed E-state index contributed by atoms with van der Waals surface area (Å²) in [4.78, 5) is 29.6. The maximum atomic E-state index is 13.1. The van der Waals surface area contributed by atoms with Crippen LogP contribution in [-0.4, -0.2) is 42.0 Å². The van der Waals surface area contributed by atoms with Gasteiger partial charge in [0.2, 0.25) is 11.8 Å². The van der Waals surface area contributed by atoms with E-state index in [1.807, 2.05) is 50.1 Å². The molecule has 0 radical (unpaired) electrons. The van der Waals surface area contributed by atoms with Crippen LogP contribution in [0.25, 0.3) is 0 Å². The fourth-order valence-corrected chi connectivity index (χ4v) is 4.40. The van der Waals surface area contributed by atoms with Crippen molar-refractivity contribution in [3.05, 3.63) is 46.8 Å². The van der Waals surface area contributed by atoms with Gasteiger partial charge in [0, 0.05) is 31.4 Å². The molecule has 1 fully saturated rings. The van der Waals surface area contributed by atoms with Crippen LogP contribution in [-0.2, 0) is 21.4 Å². The molecule has 2 aliphatic heterocycles. The molecule has 2 aliphatic rings. The highest BCUT2D eigenvalue weighted by molar-refractivity contribution is 6.08. The van der Waals surface area contributed by atoms with E-state index in [2.05, 4.69) is 5.16 Å². The molecule has 0 aliphatic carbocycles. The Morgan fingerprint density at radius 3 is 2.81 bits per heavy atom. The summed E-state index contributed by atoms with van der Waals surface area (Å²) in [5, 5.41) is 3.93. The van der Waals surface area contributed by atoms with E-state index in [9.17, 15) is 9.59 Å². The van der Waals surface area contributed by atoms with E-state index in [4.69, 9.17) is 4.52 Å². The van der Waals surface area contributed by atoms with E-state index in [0.717, 1.165) is 35.3 Å². The van der Waals surface area contributed by atoms with Crippen molar-refractivity contribution in [2.45, 2.75) is 38.5 Å². The first kappa shape index (κ1) is 16.8. The third-order valence-corrected chi connectivity index (χ3v) is 5.85. The number of anilines is 1. The van der Waals surface area contributed by atoms with Gasteiger partial charge in [-0.25, -0.2) is 0 Å². The van der Waals surface area contributed by atoms with E-state index in [1.54, 1.807) is 4.90 Å². The van der Waals surface area contributed by atoms with Crippen molar-refractivity contribution in [2.75, 3.05) is 25.0 Å². The topological polar surface area (TPSA) is 66.7 Å². The Morgan fingerprint density at radius 1 is 1.31 bits per heavy atom. The van der Waals surface area contributed by atoms with Gasteiger partial charge in [-0.15, -0.1) is 0 Å². The first-order chi connectivity index (χ1) is 12.4. The molecular formula is C20H23N3O3. The number of rotatable bonds is 2. The highest BCUT2D eigenvalue weighted by Gasteiger charge is 2.52. The first-order valence-electron chi connectivity index (χ1n) is 9.01. The standard InChI is InChI=1S/C20H23N3O3/c1-13-15(14(2)26-21-13)11-18(24)23-10-6-9-20(12-23)16-7-4-5-8-17(16)22(3)19(20)25/h4-5,7-8H,6,9-12H2,1-3H3/t20-/m0/s1. The summed E-state index contributed by atoms with van der Waals surface area (Å²) in [5.74, 6) is 0.802. The van der Waals surface area contributed by atoms with E-state index in [-0.39, 0.29) is 18.2 Å². The molecule has 1 atom stereocenters. The van der Waals surface area contributed by atoms with Crippen molar-refractivity contribution >= 4 is 17.5 Å². The van der Waals surface area contributed by atoms with Crippen LogP contribution in [0.5, 0.6) is 0 Å². The largest absolute Gasteiger partial charge is 0.361 e.